The summed E-state index contributed by atoms with van der Waals surface area (Å²) in [5, 5.41) is 55.1. The molecule has 5 unspecified atom stereocenters. The number of aromatic nitrogens is 4. The number of hydrogen-bond acceptors (Lipinski definition) is 16. The van der Waals surface area contributed by atoms with Gasteiger partial charge in [0.2, 0.25) is 0 Å². The number of nitrogens with zero attached hydrogens (tertiary/aromatic N) is 8. The number of alkyl halides is 8. The van der Waals surface area contributed by atoms with Gasteiger partial charge in [-0.15, -0.1) is 0 Å². The lowest BCUT2D eigenvalue weighted by Gasteiger charge is -2.48. The third-order valence-electron chi connectivity index (χ3n) is 31.3. The molecule has 0 aliphatic carbocycles. The van der Waals surface area contributed by atoms with Gasteiger partial charge in [-0.05, 0) is 232 Å². The second-order valence-corrected chi connectivity index (χ2v) is 44.3. The van der Waals surface area contributed by atoms with Crippen LogP contribution in [0.5, 0.6) is 0 Å². The molecule has 20 nitrogen and oxygen atoms in total. The topological polar surface area (TPSA) is 218 Å². The first kappa shape index (κ1) is 108. The summed E-state index contributed by atoms with van der Waals surface area (Å²) >= 11 is 0. The molecule has 0 radical (unpaired) electrons. The van der Waals surface area contributed by atoms with Crippen molar-refractivity contribution in [3.05, 3.63) is 260 Å². The van der Waals surface area contributed by atoms with E-state index >= 15 is 13.2 Å². The second kappa shape index (κ2) is 44.8. The number of aliphatic hydroxyl groups excluding tert-OH is 4. The van der Waals surface area contributed by atoms with Gasteiger partial charge in [0.15, 0.2) is 0 Å². The molecule has 0 amide bonds. The molecule has 8 aliphatic heterocycles. The smallest absolute Gasteiger partial charge is 0.283 e. The highest BCUT2D eigenvalue weighted by Crippen LogP contribution is 2.53. The zero-order valence-electron chi connectivity index (χ0n) is 86.4. The fourth-order valence-electron chi connectivity index (χ4n) is 23.4. The van der Waals surface area contributed by atoms with Crippen LogP contribution in [0.25, 0.3) is 43.6 Å². The number of para-hydroxylation sites is 4. The van der Waals surface area contributed by atoms with E-state index in [1.54, 1.807) is 35.8 Å². The molecule has 12 N–H and O–H groups in total. The van der Waals surface area contributed by atoms with Gasteiger partial charge in [-0.2, -0.15) is 0 Å². The molecule has 0 saturated carbocycles. The lowest BCUT2D eigenvalue weighted by atomic mass is 9.81. The van der Waals surface area contributed by atoms with E-state index in [4.69, 9.17) is 0 Å². The van der Waals surface area contributed by atoms with E-state index in [2.05, 4.69) is 119 Å². The molecular formula is C115H146F12N16O4. The first-order valence-electron chi connectivity index (χ1n) is 52.7. The Morgan fingerprint density at radius 1 is 0.340 bits per heavy atom. The van der Waals surface area contributed by atoms with Crippen LogP contribution in [0, 0.1) is 23.3 Å². The van der Waals surface area contributed by atoms with Crippen molar-refractivity contribution in [2.45, 2.75) is 248 Å². The van der Waals surface area contributed by atoms with Gasteiger partial charge in [0.25, 0.3) is 23.7 Å². The van der Waals surface area contributed by atoms with Gasteiger partial charge in [-0.3, -0.25) is 39.2 Å². The zero-order valence-corrected chi connectivity index (χ0v) is 86.4. The van der Waals surface area contributed by atoms with Gasteiger partial charge < -0.3 is 61.6 Å². The number of nitrogens with one attached hydrogen (secondary N) is 8. The monoisotopic (exact) mass is 2040 g/mol. The molecule has 32 heteroatoms. The normalized spacial score (nSPS) is 20.9. The Bertz CT molecular complexity index is 6440. The van der Waals surface area contributed by atoms with E-state index in [0.29, 0.717) is 65.9 Å². The van der Waals surface area contributed by atoms with E-state index in [1.165, 1.54) is 73.3 Å². The molecule has 8 aliphatic rings. The van der Waals surface area contributed by atoms with Crippen molar-refractivity contribution in [1.29, 1.82) is 0 Å². The van der Waals surface area contributed by atoms with Crippen LogP contribution < -0.4 is 21.3 Å². The predicted octanol–water partition coefficient (Wildman–Crippen LogP) is 21.8. The van der Waals surface area contributed by atoms with Crippen molar-refractivity contribution >= 4 is 66.4 Å². The maximum Gasteiger partial charge on any atom is 0.283 e. The zero-order chi connectivity index (χ0) is 105. The number of H-pyrrole nitrogens is 4. The molecule has 794 valence electrons. The maximum atomic E-state index is 15.8. The van der Waals surface area contributed by atoms with E-state index in [-0.39, 0.29) is 35.5 Å². The molecular weight excluding hydrogens is 1900 g/mol. The lowest BCUT2D eigenvalue weighted by molar-refractivity contribution is -0.100. The number of fused-ring (bicyclic) bond motifs is 12. The first-order valence-corrected chi connectivity index (χ1v) is 52.7. The highest BCUT2D eigenvalue weighted by molar-refractivity contribution is 5.89. The molecule has 20 rings (SSSR count). The number of benzene rings is 8. The predicted molar refractivity (Wildman–Crippen MR) is 563 cm³/mol. The van der Waals surface area contributed by atoms with Gasteiger partial charge in [-0.1, -0.05) is 150 Å². The summed E-state index contributed by atoms with van der Waals surface area (Å²) in [6.45, 7) is 26.6. The Hall–Kier alpha value is -10.2. The van der Waals surface area contributed by atoms with Gasteiger partial charge in [0.05, 0.1) is 80.0 Å². The minimum Gasteiger partial charge on any atom is -0.390 e. The fourth-order valence-corrected chi connectivity index (χ4v) is 23.4. The van der Waals surface area contributed by atoms with Crippen LogP contribution in [0.15, 0.2) is 170 Å². The van der Waals surface area contributed by atoms with Crippen molar-refractivity contribution in [2.24, 2.45) is 0 Å². The lowest BCUT2D eigenvalue weighted by Crippen LogP contribution is -2.56. The van der Waals surface area contributed by atoms with Gasteiger partial charge >= 0.3 is 0 Å². The minimum absolute atomic E-state index is 0.102. The van der Waals surface area contributed by atoms with Gasteiger partial charge in [0.1, 0.15) is 49.7 Å². The third-order valence-corrected chi connectivity index (χ3v) is 31.3. The minimum atomic E-state index is -3.44. The summed E-state index contributed by atoms with van der Waals surface area (Å²) in [7, 11) is 0. The van der Waals surface area contributed by atoms with Crippen LogP contribution in [0.1, 0.15) is 219 Å². The SMILES string of the molecule is CCCCN1CC(Nc2cc(F)c(C3c4[nH]c5ccccc5c4CC(C)(C)N3CC(F)(F)CO)c(F)c2)C1.CCCCN1CC(Nc2ccc(C3c4[nH]c5c(F)cccc5c4CC(C)N3CC(F)(F)CO)cc2)C1.CCCCN1CC(Nc2ccc(C3c4[nH]c5ccccc5c4CC(C)(C)N3CC(F)(F)CO)c(F)c2)C1.CCCCN1CC(Nc2ccc(C3c4[nH]c5ccccc5c4CC(C)(C)N3CC(F)(F)CO)cc2)C1. The molecule has 12 aromatic rings. The average molecular weight is 2040 g/mol. The molecule has 12 heterocycles. The summed E-state index contributed by atoms with van der Waals surface area (Å²) in [5.74, 6) is -15.6. The van der Waals surface area contributed by atoms with Crippen molar-refractivity contribution in [3.8, 4) is 0 Å². The molecule has 4 fully saturated rings. The number of likely N-dealkylation sites (tertiary alicyclic amines) is 4. The Kier molecular flexibility index (Phi) is 32.9. The highest BCUT2D eigenvalue weighted by atomic mass is 19.3. The molecule has 4 saturated heterocycles. The Balaban J connectivity index is 0.000000134. The van der Waals surface area contributed by atoms with Crippen LogP contribution in [-0.2, 0) is 25.7 Å². The first-order chi connectivity index (χ1) is 70.1. The third kappa shape index (κ3) is 23.9. The molecule has 147 heavy (non-hydrogen) atoms. The Morgan fingerprint density at radius 2 is 0.667 bits per heavy atom. The second-order valence-electron chi connectivity index (χ2n) is 44.3. The molecule has 5 atom stereocenters. The van der Waals surface area contributed by atoms with Gasteiger partial charge in [0, 0.05) is 170 Å². The molecule has 8 aromatic carbocycles. The van der Waals surface area contributed by atoms with E-state index in [9.17, 15) is 59.9 Å². The summed E-state index contributed by atoms with van der Waals surface area (Å²) < 4.78 is 179. The van der Waals surface area contributed by atoms with Crippen molar-refractivity contribution in [2.75, 3.05) is 152 Å². The fraction of sp³-hybridized carbons (Fsp3) is 0.513. The standard InChI is InChI=1S/C29H36F4N4O.C29H37F3N4O.C29H38F2N4O.C28H35F3N4O/c1-4-5-10-36-14-19(15-36)34-18-11-22(30)25(23(31)12-18)27-26-21(20-8-6-7-9-24(20)35-26)13-28(2,3)37(27)16-29(32,33)17-38;1-4-5-12-35-15-20(16-35)33-19-10-11-22(24(30)13-19)27-26-23(21-8-6-7-9-25(21)34-26)14-28(2,3)36(27)17-29(31,32)18-37;1-4-5-14-34-16-22(17-34)32-21-12-10-20(11-13-21)27-26-24(23-8-6-7-9-25(23)33-26)15-28(2,3)35(27)18-29(30,31)19-36;1-3-4-12-34-14-21(15-34)32-20-10-8-19(9-11-20)27-26-23(22-6-5-7-24(29)25(22)33-26)13-18(2)35(27)16-28(30,31)17-36/h6-9,11-12,19,27,34-35,38H,4-5,10,13-17H2,1-3H3;6-11,13,20,27,33-34,37H,4-5,12,14-18H2,1-3H3;6-13,22,27,32-33,36H,4-5,14-19H2,1-3H3;5-11,18,21,27,32-33,36H,3-4,12-17H2,1-2H3. The van der Waals surface area contributed by atoms with Crippen LogP contribution >= 0.6 is 0 Å². The van der Waals surface area contributed by atoms with Crippen LogP contribution in [0.4, 0.5) is 75.4 Å². The number of aromatic amines is 4. The summed E-state index contributed by atoms with van der Waals surface area (Å²) in [5.41, 5.74) is 13.0. The van der Waals surface area contributed by atoms with Crippen LogP contribution in [0.3, 0.4) is 0 Å². The quantitative estimate of drug-likeness (QED) is 0.0164. The molecule has 0 spiro atoms. The van der Waals surface area contributed by atoms with Crippen LogP contribution in [-0.4, -0.2) is 281 Å². The Labute approximate surface area is 854 Å². The van der Waals surface area contributed by atoms with E-state index in [1.807, 2.05) is 143 Å². The molecule has 0 bridgehead atoms. The van der Waals surface area contributed by atoms with E-state index in [0.717, 1.165) is 186 Å². The number of halogens is 12. The van der Waals surface area contributed by atoms with Crippen LogP contribution in [0.2, 0.25) is 0 Å². The summed E-state index contributed by atoms with van der Waals surface area (Å²) in [4.78, 5) is 29.7. The summed E-state index contributed by atoms with van der Waals surface area (Å²) in [6.07, 6.45) is 11.5. The number of rotatable bonds is 36. The van der Waals surface area contributed by atoms with Crippen molar-refractivity contribution in [3.63, 3.8) is 0 Å². The van der Waals surface area contributed by atoms with Crippen molar-refractivity contribution in [1.82, 2.24) is 59.1 Å². The van der Waals surface area contributed by atoms with Gasteiger partial charge in [-0.25, -0.2) is 52.7 Å². The number of hydrogen-bond donors (Lipinski definition) is 12. The Morgan fingerprint density at radius 3 is 1.06 bits per heavy atom. The number of anilines is 4. The average Bonchev–Trinajstić information content (AvgIpc) is 1.60. The maximum absolute atomic E-state index is 15.8. The summed E-state index contributed by atoms with van der Waals surface area (Å²) in [6, 6.07) is 50.5. The van der Waals surface area contributed by atoms with Crippen molar-refractivity contribution < 1.29 is 73.1 Å². The number of aliphatic hydroxyl groups is 4. The largest absolute Gasteiger partial charge is 0.390 e. The number of unbranched alkanes of at least 4 members (excludes halogenated alkanes) is 4. The highest BCUT2D eigenvalue weighted by Gasteiger charge is 2.53. The van der Waals surface area contributed by atoms with E-state index < -0.39 is 128 Å². The molecule has 4 aromatic heterocycles.